The van der Waals surface area contributed by atoms with Crippen LogP contribution in [0.15, 0.2) is 11.4 Å². The Balaban J connectivity index is 1.52. The molecule has 7 heteroatoms. The van der Waals surface area contributed by atoms with Gasteiger partial charge in [0.1, 0.15) is 0 Å². The molecule has 3 aliphatic heterocycles. The molecular formula is C15H16N2O4S. The molecule has 3 saturated heterocycles. The number of hydrogen-bond donors (Lipinski definition) is 1. The third-order valence-electron chi connectivity index (χ3n) is 4.76. The first-order chi connectivity index (χ1) is 10.6. The molecule has 4 rings (SSSR count). The van der Waals surface area contributed by atoms with Gasteiger partial charge in [-0.3, -0.25) is 19.8 Å². The first kappa shape index (κ1) is 13.9. The fraction of sp³-hybridized carbons (Fsp3) is 0.533. The van der Waals surface area contributed by atoms with E-state index in [1.54, 1.807) is 11.4 Å². The van der Waals surface area contributed by atoms with Gasteiger partial charge in [-0.1, -0.05) is 6.92 Å². The average Bonchev–Trinajstić information content (AvgIpc) is 3.26. The number of amides is 3. The summed E-state index contributed by atoms with van der Waals surface area (Å²) in [4.78, 5) is 38.2. The van der Waals surface area contributed by atoms with E-state index in [0.717, 1.165) is 29.1 Å². The number of nitrogens with one attached hydrogen (secondary N) is 1. The van der Waals surface area contributed by atoms with Gasteiger partial charge in [-0.15, -0.1) is 11.3 Å². The number of ether oxygens (including phenoxy) is 1. The maximum absolute atomic E-state index is 12.4. The van der Waals surface area contributed by atoms with Crippen LogP contribution in [0.2, 0.25) is 0 Å². The number of carbonyl (C=O) groups is 3. The smallest absolute Gasteiger partial charge is 0.271 e. The van der Waals surface area contributed by atoms with Crippen molar-refractivity contribution in [2.45, 2.75) is 38.4 Å². The number of aryl methyl sites for hydroxylation is 1. The number of carbonyl (C=O) groups excluding carboxylic acids is 3. The second-order valence-electron chi connectivity index (χ2n) is 5.95. The molecule has 22 heavy (non-hydrogen) atoms. The number of hydrogen-bond acceptors (Lipinski definition) is 5. The topological polar surface area (TPSA) is 75.7 Å². The summed E-state index contributed by atoms with van der Waals surface area (Å²) in [6.45, 7) is 2.01. The number of rotatable bonds is 3. The number of hydrazine groups is 1. The van der Waals surface area contributed by atoms with Gasteiger partial charge >= 0.3 is 0 Å². The molecule has 0 aliphatic carbocycles. The summed E-state index contributed by atoms with van der Waals surface area (Å²) in [6.07, 6.45) is 2.15. The molecule has 0 saturated carbocycles. The van der Waals surface area contributed by atoms with E-state index in [2.05, 4.69) is 5.43 Å². The van der Waals surface area contributed by atoms with Crippen molar-refractivity contribution in [1.29, 1.82) is 0 Å². The third-order valence-corrected chi connectivity index (χ3v) is 5.84. The van der Waals surface area contributed by atoms with Gasteiger partial charge in [0.2, 0.25) is 0 Å². The lowest BCUT2D eigenvalue weighted by Crippen LogP contribution is -2.47. The molecule has 0 radical (unpaired) electrons. The lowest BCUT2D eigenvalue weighted by molar-refractivity contribution is -0.145. The van der Waals surface area contributed by atoms with Crippen molar-refractivity contribution in [2.24, 2.45) is 11.8 Å². The SMILES string of the molecule is CCc1cc(C(=O)NN2C(=O)[C@@H]3[C@H](C2=O)[C@H]2CC[C@H]3O2)cs1. The summed E-state index contributed by atoms with van der Waals surface area (Å²) in [7, 11) is 0. The molecule has 1 aromatic heterocycles. The molecule has 6 nitrogen and oxygen atoms in total. The fourth-order valence-electron chi connectivity index (χ4n) is 3.67. The van der Waals surface area contributed by atoms with Crippen LogP contribution in [-0.2, 0) is 20.7 Å². The van der Waals surface area contributed by atoms with E-state index < -0.39 is 17.7 Å². The molecule has 0 unspecified atom stereocenters. The zero-order valence-corrected chi connectivity index (χ0v) is 12.9. The van der Waals surface area contributed by atoms with Crippen LogP contribution in [0.5, 0.6) is 0 Å². The summed E-state index contributed by atoms with van der Waals surface area (Å²) >= 11 is 1.50. The fourth-order valence-corrected chi connectivity index (χ4v) is 4.49. The zero-order valence-electron chi connectivity index (χ0n) is 12.1. The molecule has 2 bridgehead atoms. The Labute approximate surface area is 131 Å². The van der Waals surface area contributed by atoms with Gasteiger partial charge in [0.15, 0.2) is 0 Å². The normalized spacial score (nSPS) is 32.7. The highest BCUT2D eigenvalue weighted by Crippen LogP contribution is 2.48. The van der Waals surface area contributed by atoms with Crippen LogP contribution in [0.25, 0.3) is 0 Å². The van der Waals surface area contributed by atoms with Crippen LogP contribution in [0.4, 0.5) is 0 Å². The Kier molecular flexibility index (Phi) is 3.09. The van der Waals surface area contributed by atoms with Crippen LogP contribution in [-0.4, -0.2) is 34.9 Å². The lowest BCUT2D eigenvalue weighted by atomic mass is 9.81. The Hall–Kier alpha value is -1.73. The molecule has 3 amide bonds. The van der Waals surface area contributed by atoms with Gasteiger partial charge in [0.25, 0.3) is 17.7 Å². The maximum atomic E-state index is 12.4. The van der Waals surface area contributed by atoms with Crippen molar-refractivity contribution in [1.82, 2.24) is 10.4 Å². The molecule has 4 atom stereocenters. The number of thiophene rings is 1. The number of nitrogens with zero attached hydrogens (tertiary/aromatic N) is 1. The predicted octanol–water partition coefficient (Wildman–Crippen LogP) is 1.12. The van der Waals surface area contributed by atoms with E-state index >= 15 is 0 Å². The van der Waals surface area contributed by atoms with Crippen molar-refractivity contribution in [3.05, 3.63) is 21.9 Å². The highest BCUT2D eigenvalue weighted by Gasteiger charge is 2.62. The highest BCUT2D eigenvalue weighted by molar-refractivity contribution is 7.10. The summed E-state index contributed by atoms with van der Waals surface area (Å²) in [5, 5.41) is 2.65. The van der Waals surface area contributed by atoms with E-state index in [1.165, 1.54) is 11.3 Å². The van der Waals surface area contributed by atoms with Crippen LogP contribution >= 0.6 is 11.3 Å². The minimum atomic E-state index is -0.416. The largest absolute Gasteiger partial charge is 0.373 e. The van der Waals surface area contributed by atoms with E-state index in [1.807, 2.05) is 6.92 Å². The minimum absolute atomic E-state index is 0.166. The van der Waals surface area contributed by atoms with E-state index in [-0.39, 0.29) is 24.0 Å². The van der Waals surface area contributed by atoms with Crippen molar-refractivity contribution in [3.63, 3.8) is 0 Å². The van der Waals surface area contributed by atoms with Gasteiger partial charge in [-0.05, 0) is 25.3 Å². The molecule has 3 aliphatic rings. The van der Waals surface area contributed by atoms with Gasteiger partial charge in [0, 0.05) is 10.3 Å². The summed E-state index contributed by atoms with van der Waals surface area (Å²) in [5.74, 6) is -1.91. The van der Waals surface area contributed by atoms with Crippen LogP contribution < -0.4 is 5.43 Å². The standard InChI is InChI=1S/C15H16N2O4S/c1-2-8-5-7(6-22-8)13(18)16-17-14(19)11-9-3-4-10(21-9)12(11)15(17)20/h5-6,9-12H,2-4H2,1H3,(H,16,18)/t9-,10-,11-,12+/m1/s1. The monoisotopic (exact) mass is 320 g/mol. The molecule has 0 aromatic carbocycles. The van der Waals surface area contributed by atoms with Gasteiger partial charge < -0.3 is 4.74 Å². The first-order valence-electron chi connectivity index (χ1n) is 7.51. The second-order valence-corrected chi connectivity index (χ2v) is 6.95. The van der Waals surface area contributed by atoms with E-state index in [0.29, 0.717) is 5.56 Å². The van der Waals surface area contributed by atoms with E-state index in [9.17, 15) is 14.4 Å². The van der Waals surface area contributed by atoms with E-state index in [4.69, 9.17) is 4.74 Å². The van der Waals surface area contributed by atoms with Crippen molar-refractivity contribution < 1.29 is 19.1 Å². The Bertz CT molecular complexity index is 642. The first-order valence-corrected chi connectivity index (χ1v) is 8.39. The third kappa shape index (κ3) is 1.85. The quantitative estimate of drug-likeness (QED) is 0.847. The molecule has 1 N–H and O–H groups in total. The Morgan fingerprint density at radius 3 is 2.50 bits per heavy atom. The van der Waals surface area contributed by atoms with Gasteiger partial charge in [-0.25, -0.2) is 0 Å². The summed E-state index contributed by atoms with van der Waals surface area (Å²) < 4.78 is 5.66. The lowest BCUT2D eigenvalue weighted by Gasteiger charge is -2.17. The molecule has 3 fully saturated rings. The highest BCUT2D eigenvalue weighted by atomic mass is 32.1. The number of imide groups is 1. The van der Waals surface area contributed by atoms with Crippen molar-refractivity contribution in [3.8, 4) is 0 Å². The zero-order chi connectivity index (χ0) is 15.4. The Morgan fingerprint density at radius 1 is 1.32 bits per heavy atom. The number of fused-ring (bicyclic) bond motifs is 5. The van der Waals surface area contributed by atoms with Crippen LogP contribution in [0, 0.1) is 11.8 Å². The molecular weight excluding hydrogens is 304 g/mol. The van der Waals surface area contributed by atoms with Crippen molar-refractivity contribution >= 4 is 29.1 Å². The van der Waals surface area contributed by atoms with Crippen LogP contribution in [0.3, 0.4) is 0 Å². The van der Waals surface area contributed by atoms with Gasteiger partial charge in [0.05, 0.1) is 29.6 Å². The Morgan fingerprint density at radius 2 is 1.95 bits per heavy atom. The minimum Gasteiger partial charge on any atom is -0.373 e. The van der Waals surface area contributed by atoms with Crippen LogP contribution in [0.1, 0.15) is 35.0 Å². The molecule has 0 spiro atoms. The summed E-state index contributed by atoms with van der Waals surface area (Å²) in [5.41, 5.74) is 2.96. The second kappa shape index (κ2) is 4.89. The predicted molar refractivity (Wildman–Crippen MR) is 77.9 cm³/mol. The summed E-state index contributed by atoms with van der Waals surface area (Å²) in [6, 6.07) is 1.79. The molecule has 116 valence electrons. The maximum Gasteiger partial charge on any atom is 0.271 e. The van der Waals surface area contributed by atoms with Crippen molar-refractivity contribution in [2.75, 3.05) is 0 Å². The molecule has 1 aromatic rings. The molecule has 4 heterocycles. The van der Waals surface area contributed by atoms with Gasteiger partial charge in [-0.2, -0.15) is 5.01 Å². The average molecular weight is 320 g/mol.